The molecular weight excluding hydrogens is 240 g/mol. The Bertz CT molecular complexity index is 342. The zero-order valence-electron chi connectivity index (χ0n) is 13.1. The van der Waals surface area contributed by atoms with Crippen molar-refractivity contribution in [1.29, 1.82) is 0 Å². The van der Waals surface area contributed by atoms with E-state index in [-0.39, 0.29) is 7.43 Å². The molecule has 3 aliphatic rings. The Balaban J connectivity index is 0.00000147. The summed E-state index contributed by atoms with van der Waals surface area (Å²) in [5, 5.41) is 0. The molecule has 0 heteroatoms. The second kappa shape index (κ2) is 6.24. The molecule has 20 heavy (non-hydrogen) atoms. The standard InChI is InChI=1S/C19H32.CH4/c1-4-10-19-16-6-5-7-17(19)12-15(3)13-18(19)11-14(2)8-9-16;/h14,16-18H,3-13H2,1-2H3;1H4. The zero-order chi connectivity index (χ0) is 13.5. The van der Waals surface area contributed by atoms with Crippen molar-refractivity contribution in [2.75, 3.05) is 0 Å². The van der Waals surface area contributed by atoms with Crippen LogP contribution in [-0.4, -0.2) is 0 Å². The van der Waals surface area contributed by atoms with Gasteiger partial charge in [0.25, 0.3) is 0 Å². The van der Waals surface area contributed by atoms with Crippen molar-refractivity contribution >= 4 is 0 Å². The van der Waals surface area contributed by atoms with Gasteiger partial charge in [-0.15, -0.1) is 0 Å². The normalized spacial score (nSPS) is 44.2. The van der Waals surface area contributed by atoms with Crippen LogP contribution in [-0.2, 0) is 0 Å². The molecule has 0 amide bonds. The molecule has 0 heterocycles. The van der Waals surface area contributed by atoms with Crippen LogP contribution in [0.15, 0.2) is 12.2 Å². The van der Waals surface area contributed by atoms with Gasteiger partial charge in [-0.1, -0.05) is 52.7 Å². The van der Waals surface area contributed by atoms with Gasteiger partial charge < -0.3 is 0 Å². The monoisotopic (exact) mass is 276 g/mol. The van der Waals surface area contributed by atoms with Gasteiger partial charge in [0.05, 0.1) is 0 Å². The van der Waals surface area contributed by atoms with Crippen molar-refractivity contribution in [3.8, 4) is 0 Å². The van der Waals surface area contributed by atoms with Crippen LogP contribution in [0, 0.1) is 29.1 Å². The Labute approximate surface area is 127 Å². The number of hydrogen-bond acceptors (Lipinski definition) is 0. The van der Waals surface area contributed by atoms with Crippen LogP contribution in [0.25, 0.3) is 0 Å². The van der Waals surface area contributed by atoms with Gasteiger partial charge in [-0.2, -0.15) is 0 Å². The van der Waals surface area contributed by atoms with Crippen molar-refractivity contribution < 1.29 is 0 Å². The summed E-state index contributed by atoms with van der Waals surface area (Å²) in [7, 11) is 0. The fourth-order valence-electron chi connectivity index (χ4n) is 6.26. The molecule has 3 fully saturated rings. The van der Waals surface area contributed by atoms with Crippen LogP contribution in [0.4, 0.5) is 0 Å². The minimum atomic E-state index is 0. The van der Waals surface area contributed by atoms with Crippen molar-refractivity contribution in [3.05, 3.63) is 12.2 Å². The molecule has 5 unspecified atom stereocenters. The molecule has 0 aromatic carbocycles. The summed E-state index contributed by atoms with van der Waals surface area (Å²) in [4.78, 5) is 0. The second-order valence-electron chi connectivity index (χ2n) is 7.96. The summed E-state index contributed by atoms with van der Waals surface area (Å²) in [5.41, 5.74) is 2.30. The van der Waals surface area contributed by atoms with Gasteiger partial charge in [0.15, 0.2) is 0 Å². The lowest BCUT2D eigenvalue weighted by atomic mass is 9.47. The smallest absolute Gasteiger partial charge is 0.0206 e. The highest BCUT2D eigenvalue weighted by atomic mass is 14.6. The van der Waals surface area contributed by atoms with Gasteiger partial charge in [0, 0.05) is 0 Å². The van der Waals surface area contributed by atoms with Crippen LogP contribution >= 0.6 is 0 Å². The Morgan fingerprint density at radius 3 is 2.50 bits per heavy atom. The van der Waals surface area contributed by atoms with Crippen LogP contribution in [0.5, 0.6) is 0 Å². The first-order valence-corrected chi connectivity index (χ1v) is 8.83. The summed E-state index contributed by atoms with van der Waals surface area (Å²) in [6.07, 6.45) is 14.7. The molecule has 116 valence electrons. The fourth-order valence-corrected chi connectivity index (χ4v) is 6.26. The first-order chi connectivity index (χ1) is 9.16. The van der Waals surface area contributed by atoms with Crippen LogP contribution in [0.2, 0.25) is 0 Å². The zero-order valence-corrected chi connectivity index (χ0v) is 13.1. The van der Waals surface area contributed by atoms with Crippen molar-refractivity contribution in [1.82, 2.24) is 0 Å². The summed E-state index contributed by atoms with van der Waals surface area (Å²) in [6, 6.07) is 0. The van der Waals surface area contributed by atoms with E-state index in [9.17, 15) is 0 Å². The van der Waals surface area contributed by atoms with Gasteiger partial charge in [-0.05, 0) is 74.0 Å². The maximum Gasteiger partial charge on any atom is -0.0206 e. The highest BCUT2D eigenvalue weighted by Crippen LogP contribution is 2.63. The van der Waals surface area contributed by atoms with E-state index in [1.807, 2.05) is 0 Å². The van der Waals surface area contributed by atoms with E-state index >= 15 is 0 Å². The number of allylic oxidation sites excluding steroid dienone is 1. The maximum atomic E-state index is 4.40. The van der Waals surface area contributed by atoms with Crippen molar-refractivity contribution in [3.63, 3.8) is 0 Å². The molecule has 0 N–H and O–H groups in total. The fraction of sp³-hybridized carbons (Fsp3) is 0.900. The molecule has 3 saturated carbocycles. The highest BCUT2D eigenvalue weighted by molar-refractivity contribution is 5.13. The Morgan fingerprint density at radius 1 is 1.05 bits per heavy atom. The topological polar surface area (TPSA) is 0 Å². The molecule has 0 aromatic heterocycles. The number of hydrogen-bond donors (Lipinski definition) is 0. The second-order valence-corrected chi connectivity index (χ2v) is 7.96. The molecule has 0 spiro atoms. The minimum Gasteiger partial charge on any atom is -0.0998 e. The molecule has 0 nitrogen and oxygen atoms in total. The van der Waals surface area contributed by atoms with Gasteiger partial charge in [0.2, 0.25) is 0 Å². The number of rotatable bonds is 2. The van der Waals surface area contributed by atoms with E-state index in [1.165, 1.54) is 64.2 Å². The SMILES string of the molecule is C.C=C1CC2CCCC3CCC(C)CC(C1)C32CCC. The predicted molar refractivity (Wildman–Crippen MR) is 89.8 cm³/mol. The molecular formula is C20H36. The lowest BCUT2D eigenvalue weighted by Gasteiger charge is -2.57. The Kier molecular flexibility index (Phi) is 5.03. The molecule has 0 bridgehead atoms. The Morgan fingerprint density at radius 2 is 1.75 bits per heavy atom. The van der Waals surface area contributed by atoms with Crippen molar-refractivity contribution in [2.24, 2.45) is 29.1 Å². The average molecular weight is 277 g/mol. The minimum absolute atomic E-state index is 0. The Hall–Kier alpha value is -0.260. The maximum absolute atomic E-state index is 4.40. The molecule has 5 atom stereocenters. The van der Waals surface area contributed by atoms with Crippen LogP contribution in [0.3, 0.4) is 0 Å². The van der Waals surface area contributed by atoms with E-state index in [2.05, 4.69) is 20.4 Å². The largest absolute Gasteiger partial charge is 0.0998 e. The van der Waals surface area contributed by atoms with Gasteiger partial charge in [0.1, 0.15) is 0 Å². The molecule has 0 aromatic rings. The summed E-state index contributed by atoms with van der Waals surface area (Å²) < 4.78 is 0. The third-order valence-corrected chi connectivity index (χ3v) is 6.83. The van der Waals surface area contributed by atoms with E-state index in [0.29, 0.717) is 0 Å². The van der Waals surface area contributed by atoms with Crippen LogP contribution < -0.4 is 0 Å². The molecule has 0 saturated heterocycles. The van der Waals surface area contributed by atoms with Gasteiger partial charge >= 0.3 is 0 Å². The van der Waals surface area contributed by atoms with E-state index in [4.69, 9.17) is 0 Å². The van der Waals surface area contributed by atoms with Gasteiger partial charge in [-0.3, -0.25) is 0 Å². The lowest BCUT2D eigenvalue weighted by Crippen LogP contribution is -2.49. The first kappa shape index (κ1) is 16.1. The summed E-state index contributed by atoms with van der Waals surface area (Å²) in [6.45, 7) is 9.32. The third kappa shape index (κ3) is 2.48. The predicted octanol–water partition coefficient (Wildman–Crippen LogP) is 6.61. The average Bonchev–Trinajstić information content (AvgIpc) is 2.50. The quantitative estimate of drug-likeness (QED) is 0.498. The highest BCUT2D eigenvalue weighted by Gasteiger charge is 2.54. The van der Waals surface area contributed by atoms with Crippen LogP contribution in [0.1, 0.15) is 85.5 Å². The molecule has 3 rings (SSSR count). The third-order valence-electron chi connectivity index (χ3n) is 6.83. The van der Waals surface area contributed by atoms with E-state index in [1.54, 1.807) is 5.57 Å². The molecule has 0 aliphatic heterocycles. The summed E-state index contributed by atoms with van der Waals surface area (Å²) >= 11 is 0. The van der Waals surface area contributed by atoms with Gasteiger partial charge in [-0.25, -0.2) is 0 Å². The molecule has 3 aliphatic carbocycles. The first-order valence-electron chi connectivity index (χ1n) is 8.83. The molecule has 0 radical (unpaired) electrons. The lowest BCUT2D eigenvalue weighted by molar-refractivity contribution is -0.0589. The van der Waals surface area contributed by atoms with E-state index < -0.39 is 0 Å². The van der Waals surface area contributed by atoms with Crippen molar-refractivity contribution in [2.45, 2.75) is 85.5 Å². The van der Waals surface area contributed by atoms with E-state index in [0.717, 1.165) is 29.1 Å². The summed E-state index contributed by atoms with van der Waals surface area (Å²) in [5.74, 6) is 3.97.